The van der Waals surface area contributed by atoms with Gasteiger partial charge in [0.1, 0.15) is 6.54 Å². The summed E-state index contributed by atoms with van der Waals surface area (Å²) in [4.78, 5) is 27.7. The normalized spacial score (nSPS) is 20.3. The molecule has 0 unspecified atom stereocenters. The number of benzene rings is 2. The molecule has 150 valence electrons. The fourth-order valence-corrected chi connectivity index (χ4v) is 4.41. The van der Waals surface area contributed by atoms with E-state index in [1.54, 1.807) is 0 Å². The molecular weight excluding hydrogens is 364 g/mol. The number of anilines is 2. The number of allylic oxidation sites excluding steroid dienone is 1. The van der Waals surface area contributed by atoms with Crippen molar-refractivity contribution in [3.8, 4) is 0 Å². The van der Waals surface area contributed by atoms with Gasteiger partial charge in [0.2, 0.25) is 0 Å². The number of Topliss-reactive ketones (excluding diaryl/α,β-unsaturated/α-hetero) is 1. The molecule has 0 bridgehead atoms. The second kappa shape index (κ2) is 7.39. The molecule has 0 radical (unpaired) electrons. The maximum atomic E-state index is 13.4. The van der Waals surface area contributed by atoms with Crippen LogP contribution in [0.2, 0.25) is 0 Å². The summed E-state index contributed by atoms with van der Waals surface area (Å²) in [7, 11) is 1.39. The van der Waals surface area contributed by atoms with E-state index in [0.29, 0.717) is 6.42 Å². The Morgan fingerprint density at radius 2 is 1.79 bits per heavy atom. The molecule has 2 aromatic carbocycles. The van der Waals surface area contributed by atoms with E-state index in [9.17, 15) is 9.59 Å². The number of fused-ring (bicyclic) bond motifs is 1. The number of rotatable bonds is 3. The van der Waals surface area contributed by atoms with Crippen LogP contribution in [0.25, 0.3) is 0 Å². The average Bonchev–Trinajstić information content (AvgIpc) is 2.82. The van der Waals surface area contributed by atoms with E-state index < -0.39 is 0 Å². The zero-order valence-corrected chi connectivity index (χ0v) is 17.1. The molecule has 1 N–H and O–H groups in total. The van der Waals surface area contributed by atoms with Crippen molar-refractivity contribution in [3.63, 3.8) is 0 Å². The quantitative estimate of drug-likeness (QED) is 0.784. The predicted octanol–water partition coefficient (Wildman–Crippen LogP) is 4.48. The van der Waals surface area contributed by atoms with Gasteiger partial charge in [-0.25, -0.2) is 0 Å². The summed E-state index contributed by atoms with van der Waals surface area (Å²) in [5.74, 6) is -0.214. The average molecular weight is 390 g/mol. The number of ether oxygens (including phenoxy) is 1. The number of carbonyl (C=O) groups is 2. The summed E-state index contributed by atoms with van der Waals surface area (Å²) < 4.78 is 4.99. The topological polar surface area (TPSA) is 58.6 Å². The van der Waals surface area contributed by atoms with Gasteiger partial charge in [-0.05, 0) is 29.5 Å². The maximum absolute atomic E-state index is 13.4. The van der Waals surface area contributed by atoms with Gasteiger partial charge in [-0.2, -0.15) is 0 Å². The first-order chi connectivity index (χ1) is 13.9. The van der Waals surface area contributed by atoms with Crippen LogP contribution >= 0.6 is 0 Å². The van der Waals surface area contributed by atoms with E-state index in [-0.39, 0.29) is 29.8 Å². The zero-order valence-electron chi connectivity index (χ0n) is 17.1. The third-order valence-electron chi connectivity index (χ3n) is 5.65. The van der Waals surface area contributed by atoms with Crippen LogP contribution in [0.3, 0.4) is 0 Å². The highest BCUT2D eigenvalue weighted by atomic mass is 16.5. The van der Waals surface area contributed by atoms with Crippen molar-refractivity contribution in [1.82, 2.24) is 0 Å². The number of methoxy groups -OCH3 is 1. The van der Waals surface area contributed by atoms with Crippen LogP contribution in [-0.4, -0.2) is 25.4 Å². The van der Waals surface area contributed by atoms with Gasteiger partial charge in [0.25, 0.3) is 0 Å². The molecule has 4 rings (SSSR count). The number of carbonyl (C=O) groups excluding carboxylic acids is 2. The second-order valence-corrected chi connectivity index (χ2v) is 8.49. The Kier molecular flexibility index (Phi) is 4.91. The molecule has 0 saturated carbocycles. The van der Waals surface area contributed by atoms with Gasteiger partial charge in [-0.1, -0.05) is 56.3 Å². The van der Waals surface area contributed by atoms with Crippen molar-refractivity contribution in [2.24, 2.45) is 5.41 Å². The summed E-state index contributed by atoms with van der Waals surface area (Å²) in [6, 6.07) is 17.4. The van der Waals surface area contributed by atoms with Crippen molar-refractivity contribution in [1.29, 1.82) is 0 Å². The highest BCUT2D eigenvalue weighted by Gasteiger charge is 2.41. The number of ketones is 1. The molecule has 1 atom stereocenters. The summed E-state index contributed by atoms with van der Waals surface area (Å²) in [6.45, 7) is 4.30. The number of hydrogen-bond acceptors (Lipinski definition) is 5. The molecule has 29 heavy (non-hydrogen) atoms. The Balaban J connectivity index is 1.96. The highest BCUT2D eigenvalue weighted by Crippen LogP contribution is 2.48. The highest BCUT2D eigenvalue weighted by molar-refractivity contribution is 6.01. The van der Waals surface area contributed by atoms with Crippen LogP contribution < -0.4 is 10.2 Å². The first kappa shape index (κ1) is 19.2. The molecule has 1 heterocycles. The Bertz CT molecular complexity index is 979. The minimum Gasteiger partial charge on any atom is -0.468 e. The van der Waals surface area contributed by atoms with Crippen LogP contribution in [0.4, 0.5) is 11.4 Å². The number of hydrogen-bond donors (Lipinski definition) is 1. The minimum absolute atomic E-state index is 0.0577. The van der Waals surface area contributed by atoms with Crippen LogP contribution in [0.15, 0.2) is 65.9 Å². The summed E-state index contributed by atoms with van der Waals surface area (Å²) >= 11 is 0. The van der Waals surface area contributed by atoms with E-state index >= 15 is 0 Å². The van der Waals surface area contributed by atoms with E-state index in [1.807, 2.05) is 59.5 Å². The molecule has 0 spiro atoms. The van der Waals surface area contributed by atoms with Crippen LogP contribution in [0.1, 0.15) is 38.3 Å². The molecule has 0 fully saturated rings. The van der Waals surface area contributed by atoms with Crippen LogP contribution in [0, 0.1) is 5.41 Å². The monoisotopic (exact) mass is 390 g/mol. The Hall–Kier alpha value is -3.08. The number of nitrogens with one attached hydrogen (secondary N) is 1. The number of nitrogens with zero attached hydrogens (tertiary/aromatic N) is 1. The van der Waals surface area contributed by atoms with Gasteiger partial charge < -0.3 is 15.0 Å². The van der Waals surface area contributed by atoms with Gasteiger partial charge in [-0.15, -0.1) is 0 Å². The van der Waals surface area contributed by atoms with E-state index in [2.05, 4.69) is 19.2 Å². The fourth-order valence-electron chi connectivity index (χ4n) is 4.41. The van der Waals surface area contributed by atoms with E-state index in [0.717, 1.165) is 34.6 Å². The zero-order chi connectivity index (χ0) is 20.6. The predicted molar refractivity (Wildman–Crippen MR) is 114 cm³/mol. The molecular formula is C24H26N2O3. The molecule has 1 aliphatic heterocycles. The lowest BCUT2D eigenvalue weighted by molar-refractivity contribution is -0.139. The molecule has 0 aromatic heterocycles. The Morgan fingerprint density at radius 3 is 2.52 bits per heavy atom. The molecule has 1 aliphatic carbocycles. The Labute approximate surface area is 171 Å². The van der Waals surface area contributed by atoms with Gasteiger partial charge in [-0.3, -0.25) is 9.59 Å². The lowest BCUT2D eigenvalue weighted by Gasteiger charge is -2.37. The molecule has 2 aliphatic rings. The van der Waals surface area contributed by atoms with Crippen molar-refractivity contribution >= 4 is 23.1 Å². The number of para-hydroxylation sites is 2. The maximum Gasteiger partial charge on any atom is 0.325 e. The Morgan fingerprint density at radius 1 is 1.10 bits per heavy atom. The molecule has 2 aromatic rings. The third-order valence-corrected chi connectivity index (χ3v) is 5.65. The third kappa shape index (κ3) is 3.65. The van der Waals surface area contributed by atoms with Crippen LogP contribution in [-0.2, 0) is 14.3 Å². The summed E-state index contributed by atoms with van der Waals surface area (Å²) in [5.41, 5.74) is 4.34. The standard InChI is InChI=1S/C24H26N2O3/c1-24(2)13-18-22(20(27)14-24)23(16-9-5-4-6-10-16)26(15-21(28)29-3)19-12-8-7-11-17(19)25-18/h4-12,23,25H,13-15H2,1-3H3/t23-/m1/s1. The van der Waals surface area contributed by atoms with E-state index in [1.165, 1.54) is 7.11 Å². The lowest BCUT2D eigenvalue weighted by Crippen LogP contribution is -2.39. The molecule has 0 saturated heterocycles. The molecule has 0 amide bonds. The lowest BCUT2D eigenvalue weighted by atomic mass is 9.73. The molecule has 5 nitrogen and oxygen atoms in total. The van der Waals surface area contributed by atoms with E-state index in [4.69, 9.17) is 4.74 Å². The summed E-state index contributed by atoms with van der Waals surface area (Å²) in [6.07, 6.45) is 1.26. The first-order valence-corrected chi connectivity index (χ1v) is 9.90. The van der Waals surface area contributed by atoms with Crippen LogP contribution in [0.5, 0.6) is 0 Å². The first-order valence-electron chi connectivity index (χ1n) is 9.90. The number of esters is 1. The SMILES string of the molecule is COC(=O)CN1c2ccccc2NC2=C(C(=O)CC(C)(C)C2)[C@H]1c1ccccc1. The molecule has 5 heteroatoms. The summed E-state index contributed by atoms with van der Waals surface area (Å²) in [5, 5.41) is 3.53. The van der Waals surface area contributed by atoms with Gasteiger partial charge >= 0.3 is 5.97 Å². The van der Waals surface area contributed by atoms with Crippen molar-refractivity contribution in [2.75, 3.05) is 23.9 Å². The van der Waals surface area contributed by atoms with Gasteiger partial charge in [0.05, 0.1) is 24.5 Å². The fraction of sp³-hybridized carbons (Fsp3) is 0.333. The van der Waals surface area contributed by atoms with Crippen molar-refractivity contribution < 1.29 is 14.3 Å². The van der Waals surface area contributed by atoms with Gasteiger partial charge in [0.15, 0.2) is 5.78 Å². The van der Waals surface area contributed by atoms with Crippen molar-refractivity contribution in [2.45, 2.75) is 32.7 Å². The minimum atomic E-state index is -0.356. The van der Waals surface area contributed by atoms with Gasteiger partial charge in [0, 0.05) is 17.7 Å². The smallest absolute Gasteiger partial charge is 0.325 e. The van der Waals surface area contributed by atoms with Crippen molar-refractivity contribution in [3.05, 3.63) is 71.4 Å². The second-order valence-electron chi connectivity index (χ2n) is 8.49. The largest absolute Gasteiger partial charge is 0.468 e.